The summed E-state index contributed by atoms with van der Waals surface area (Å²) < 4.78 is 23.9. The largest absolute Gasteiger partial charge is 0.245 e. The summed E-state index contributed by atoms with van der Waals surface area (Å²) in [6.07, 6.45) is 1.39. The molecule has 0 unspecified atom stereocenters. The van der Waals surface area contributed by atoms with E-state index in [-0.39, 0.29) is 5.75 Å². The monoisotopic (exact) mass is 196 g/mol. The van der Waals surface area contributed by atoms with Gasteiger partial charge >= 0.3 is 0 Å². The zero-order valence-electron chi connectivity index (χ0n) is 6.77. The summed E-state index contributed by atoms with van der Waals surface area (Å²) in [5.41, 5.74) is 0.658. The van der Waals surface area contributed by atoms with E-state index in [1.165, 1.54) is 6.19 Å². The van der Waals surface area contributed by atoms with Crippen LogP contribution in [0.15, 0.2) is 30.3 Å². The highest BCUT2D eigenvalue weighted by atomic mass is 32.2. The van der Waals surface area contributed by atoms with Crippen molar-refractivity contribution < 1.29 is 8.42 Å². The predicted molar refractivity (Wildman–Crippen MR) is 47.8 cm³/mol. The van der Waals surface area contributed by atoms with Gasteiger partial charge in [-0.3, -0.25) is 0 Å². The Hall–Kier alpha value is -1.54. The molecule has 1 aromatic carbocycles. The first-order chi connectivity index (χ1) is 6.14. The Bertz CT molecular complexity index is 406. The molecule has 1 N–H and O–H groups in total. The van der Waals surface area contributed by atoms with Gasteiger partial charge in [-0.15, -0.1) is 0 Å². The van der Waals surface area contributed by atoms with E-state index in [1.54, 1.807) is 35.1 Å². The average Bonchev–Trinajstić information content (AvgIpc) is 2.04. The van der Waals surface area contributed by atoms with E-state index in [4.69, 9.17) is 5.26 Å². The molecule has 0 aliphatic rings. The van der Waals surface area contributed by atoms with E-state index in [0.29, 0.717) is 5.56 Å². The number of hydrogen-bond donors (Lipinski definition) is 1. The third kappa shape index (κ3) is 3.13. The van der Waals surface area contributed by atoms with Crippen LogP contribution in [0.1, 0.15) is 5.56 Å². The highest BCUT2D eigenvalue weighted by molar-refractivity contribution is 7.88. The van der Waals surface area contributed by atoms with Gasteiger partial charge in [0.1, 0.15) is 0 Å². The maximum atomic E-state index is 11.1. The van der Waals surface area contributed by atoms with Gasteiger partial charge in [0.2, 0.25) is 10.0 Å². The Morgan fingerprint density at radius 2 is 1.92 bits per heavy atom. The van der Waals surface area contributed by atoms with Gasteiger partial charge in [0.25, 0.3) is 0 Å². The lowest BCUT2D eigenvalue weighted by molar-refractivity contribution is 0.590. The van der Waals surface area contributed by atoms with Gasteiger partial charge in [0.05, 0.1) is 5.75 Å². The zero-order valence-corrected chi connectivity index (χ0v) is 7.58. The number of sulfonamides is 1. The molecular weight excluding hydrogens is 188 g/mol. The van der Waals surface area contributed by atoms with Crippen LogP contribution < -0.4 is 4.72 Å². The van der Waals surface area contributed by atoms with Gasteiger partial charge < -0.3 is 0 Å². The molecule has 0 heterocycles. The van der Waals surface area contributed by atoms with Crippen LogP contribution >= 0.6 is 0 Å². The first-order valence-corrected chi connectivity index (χ1v) is 5.22. The summed E-state index contributed by atoms with van der Waals surface area (Å²) in [6.45, 7) is 0. The van der Waals surface area contributed by atoms with Crippen molar-refractivity contribution in [2.24, 2.45) is 0 Å². The van der Waals surface area contributed by atoms with Gasteiger partial charge in [0, 0.05) is 0 Å². The maximum Gasteiger partial charge on any atom is 0.245 e. The molecule has 1 rings (SSSR count). The predicted octanol–water partition coefficient (Wildman–Crippen LogP) is 0.587. The van der Waals surface area contributed by atoms with E-state index >= 15 is 0 Å². The lowest BCUT2D eigenvalue weighted by Gasteiger charge is -2.00. The molecule has 68 valence electrons. The fourth-order valence-electron chi connectivity index (χ4n) is 0.899. The number of nitriles is 1. The number of hydrogen-bond acceptors (Lipinski definition) is 3. The number of benzene rings is 1. The first kappa shape index (κ1) is 9.55. The first-order valence-electron chi connectivity index (χ1n) is 3.56. The van der Waals surface area contributed by atoms with Crippen molar-refractivity contribution in [1.82, 2.24) is 4.72 Å². The van der Waals surface area contributed by atoms with Crippen molar-refractivity contribution in [3.05, 3.63) is 35.9 Å². The normalized spacial score (nSPS) is 10.4. The van der Waals surface area contributed by atoms with E-state index < -0.39 is 10.0 Å². The number of rotatable bonds is 3. The van der Waals surface area contributed by atoms with Crippen LogP contribution in [0.3, 0.4) is 0 Å². The Balaban J connectivity index is 2.77. The smallest absolute Gasteiger partial charge is 0.219 e. The molecule has 0 radical (unpaired) electrons. The van der Waals surface area contributed by atoms with Crippen LogP contribution in [0.5, 0.6) is 0 Å². The lowest BCUT2D eigenvalue weighted by Crippen LogP contribution is -2.19. The highest BCUT2D eigenvalue weighted by Gasteiger charge is 2.08. The van der Waals surface area contributed by atoms with Crippen LogP contribution in [0.2, 0.25) is 0 Å². The second-order valence-electron chi connectivity index (χ2n) is 2.46. The van der Waals surface area contributed by atoms with Crippen LogP contribution in [-0.2, 0) is 15.8 Å². The van der Waals surface area contributed by atoms with Crippen LogP contribution in [0.4, 0.5) is 0 Å². The molecule has 0 atom stereocenters. The SMILES string of the molecule is N#CNS(=O)(=O)Cc1ccccc1. The van der Waals surface area contributed by atoms with Crippen LogP contribution in [0.25, 0.3) is 0 Å². The molecule has 0 aliphatic carbocycles. The van der Waals surface area contributed by atoms with Crippen LogP contribution in [0, 0.1) is 11.5 Å². The quantitative estimate of drug-likeness (QED) is 0.568. The number of nitrogens with zero attached hydrogens (tertiary/aromatic N) is 1. The van der Waals surface area contributed by atoms with Crippen molar-refractivity contribution in [2.75, 3.05) is 0 Å². The van der Waals surface area contributed by atoms with E-state index in [9.17, 15) is 8.42 Å². The fraction of sp³-hybridized carbons (Fsp3) is 0.125. The highest BCUT2D eigenvalue weighted by Crippen LogP contribution is 2.03. The van der Waals surface area contributed by atoms with Gasteiger partial charge in [-0.05, 0) is 5.56 Å². The van der Waals surface area contributed by atoms with Crippen molar-refractivity contribution in [2.45, 2.75) is 5.75 Å². The van der Waals surface area contributed by atoms with Gasteiger partial charge in [-0.25, -0.2) is 13.1 Å². The van der Waals surface area contributed by atoms with Crippen molar-refractivity contribution in [3.63, 3.8) is 0 Å². The molecule has 0 saturated heterocycles. The Labute approximate surface area is 76.9 Å². The minimum Gasteiger partial charge on any atom is -0.219 e. The third-order valence-corrected chi connectivity index (χ3v) is 2.52. The summed E-state index contributed by atoms with van der Waals surface area (Å²) in [7, 11) is -3.50. The summed E-state index contributed by atoms with van der Waals surface area (Å²) in [5.74, 6) is -0.165. The molecule has 0 spiro atoms. The molecule has 0 saturated carbocycles. The molecule has 0 aromatic heterocycles. The minimum absolute atomic E-state index is 0.165. The third-order valence-electron chi connectivity index (χ3n) is 1.40. The Morgan fingerprint density at radius 1 is 1.31 bits per heavy atom. The molecule has 5 heteroatoms. The molecule has 0 bridgehead atoms. The molecule has 13 heavy (non-hydrogen) atoms. The van der Waals surface area contributed by atoms with Crippen molar-refractivity contribution in [1.29, 1.82) is 5.26 Å². The summed E-state index contributed by atoms with van der Waals surface area (Å²) >= 11 is 0. The van der Waals surface area contributed by atoms with Crippen molar-refractivity contribution in [3.8, 4) is 6.19 Å². The second-order valence-corrected chi connectivity index (χ2v) is 4.18. The van der Waals surface area contributed by atoms with E-state index in [1.807, 2.05) is 0 Å². The average molecular weight is 196 g/mol. The van der Waals surface area contributed by atoms with Gasteiger partial charge in [-0.1, -0.05) is 30.3 Å². The van der Waals surface area contributed by atoms with E-state index in [2.05, 4.69) is 0 Å². The zero-order chi connectivity index (χ0) is 9.73. The summed E-state index contributed by atoms with van der Waals surface area (Å²) in [4.78, 5) is 0. The summed E-state index contributed by atoms with van der Waals surface area (Å²) in [5, 5.41) is 8.14. The fourth-order valence-corrected chi connectivity index (χ4v) is 1.74. The molecule has 0 fully saturated rings. The molecule has 1 aromatic rings. The Morgan fingerprint density at radius 3 is 2.46 bits per heavy atom. The van der Waals surface area contributed by atoms with Crippen LogP contribution in [-0.4, -0.2) is 8.42 Å². The standard InChI is InChI=1S/C8H8N2O2S/c9-7-10-13(11,12)6-8-4-2-1-3-5-8/h1-5,10H,6H2. The Kier molecular flexibility index (Phi) is 2.88. The maximum absolute atomic E-state index is 11.1. The summed E-state index contributed by atoms with van der Waals surface area (Å²) in [6, 6.07) is 8.68. The van der Waals surface area contributed by atoms with Crippen molar-refractivity contribution >= 4 is 10.0 Å². The molecule has 4 nitrogen and oxygen atoms in total. The minimum atomic E-state index is -3.50. The molecular formula is C8H8N2O2S. The topological polar surface area (TPSA) is 70.0 Å². The molecule has 0 aliphatic heterocycles. The van der Waals surface area contributed by atoms with E-state index in [0.717, 1.165) is 0 Å². The van der Waals surface area contributed by atoms with Gasteiger partial charge in [-0.2, -0.15) is 5.26 Å². The second kappa shape index (κ2) is 3.92. The lowest BCUT2D eigenvalue weighted by atomic mass is 10.2. The number of nitrogens with one attached hydrogen (secondary N) is 1. The van der Waals surface area contributed by atoms with Gasteiger partial charge in [0.15, 0.2) is 6.19 Å². The molecule has 0 amide bonds.